The molecule has 0 radical (unpaired) electrons. The summed E-state index contributed by atoms with van der Waals surface area (Å²) in [6.07, 6.45) is 1.24. The maximum Gasteiger partial charge on any atom is 0.219 e. The number of hydrogen-bond acceptors (Lipinski definition) is 2. The largest absolute Gasteiger partial charge is 0.385 e. The van der Waals surface area contributed by atoms with Crippen LogP contribution >= 0.6 is 0 Å². The SMILES string of the molecule is CC(=O)N1CCC(O)(c2cccc(C(C)C)c2)CC1. The molecular formula is C16H23NO2. The van der Waals surface area contributed by atoms with Crippen LogP contribution in [0.4, 0.5) is 0 Å². The van der Waals surface area contributed by atoms with Crippen LogP contribution in [0.1, 0.15) is 50.7 Å². The minimum absolute atomic E-state index is 0.0954. The first kappa shape index (κ1) is 14.1. The number of hydrogen-bond donors (Lipinski definition) is 1. The Hall–Kier alpha value is -1.35. The average Bonchev–Trinajstić information content (AvgIpc) is 2.39. The Bertz CT molecular complexity index is 460. The molecule has 0 atom stereocenters. The summed E-state index contributed by atoms with van der Waals surface area (Å²) in [6.45, 7) is 7.17. The average molecular weight is 261 g/mol. The van der Waals surface area contributed by atoms with E-state index in [1.165, 1.54) is 5.56 Å². The quantitative estimate of drug-likeness (QED) is 0.889. The molecule has 1 aromatic carbocycles. The van der Waals surface area contributed by atoms with Gasteiger partial charge in [0.1, 0.15) is 0 Å². The molecule has 1 aromatic rings. The van der Waals surface area contributed by atoms with Crippen molar-refractivity contribution in [2.24, 2.45) is 0 Å². The van der Waals surface area contributed by atoms with Gasteiger partial charge in [-0.1, -0.05) is 38.1 Å². The van der Waals surface area contributed by atoms with Crippen molar-refractivity contribution >= 4 is 5.91 Å². The summed E-state index contributed by atoms with van der Waals surface area (Å²) < 4.78 is 0. The van der Waals surface area contributed by atoms with Gasteiger partial charge in [-0.25, -0.2) is 0 Å². The molecule has 1 saturated heterocycles. The Kier molecular flexibility index (Phi) is 3.95. The van der Waals surface area contributed by atoms with Gasteiger partial charge in [-0.05, 0) is 29.9 Å². The lowest BCUT2D eigenvalue weighted by Gasteiger charge is -2.38. The minimum Gasteiger partial charge on any atom is -0.385 e. The van der Waals surface area contributed by atoms with Gasteiger partial charge in [-0.15, -0.1) is 0 Å². The van der Waals surface area contributed by atoms with E-state index >= 15 is 0 Å². The van der Waals surface area contributed by atoms with E-state index in [9.17, 15) is 9.90 Å². The molecule has 0 saturated carbocycles. The fourth-order valence-electron chi connectivity index (χ4n) is 2.67. The van der Waals surface area contributed by atoms with Crippen molar-refractivity contribution < 1.29 is 9.90 Å². The number of benzene rings is 1. The highest BCUT2D eigenvalue weighted by atomic mass is 16.3. The van der Waals surface area contributed by atoms with Gasteiger partial charge < -0.3 is 10.0 Å². The lowest BCUT2D eigenvalue weighted by molar-refractivity contribution is -0.133. The normalized spacial score (nSPS) is 18.7. The first-order chi connectivity index (χ1) is 8.92. The number of rotatable bonds is 2. The van der Waals surface area contributed by atoms with Crippen LogP contribution in [-0.4, -0.2) is 29.0 Å². The van der Waals surface area contributed by atoms with Gasteiger partial charge in [0.2, 0.25) is 5.91 Å². The second-order valence-electron chi connectivity index (χ2n) is 5.82. The molecule has 0 aromatic heterocycles. The predicted molar refractivity (Wildman–Crippen MR) is 75.9 cm³/mol. The monoisotopic (exact) mass is 261 g/mol. The molecule has 1 aliphatic rings. The number of amides is 1. The van der Waals surface area contributed by atoms with Crippen LogP contribution in [0, 0.1) is 0 Å². The summed E-state index contributed by atoms with van der Waals surface area (Å²) >= 11 is 0. The van der Waals surface area contributed by atoms with Gasteiger partial charge in [0.05, 0.1) is 5.60 Å². The first-order valence-corrected chi connectivity index (χ1v) is 7.01. The van der Waals surface area contributed by atoms with Gasteiger partial charge in [-0.2, -0.15) is 0 Å². The number of aliphatic hydroxyl groups is 1. The Morgan fingerprint density at radius 2 is 1.95 bits per heavy atom. The first-order valence-electron chi connectivity index (χ1n) is 7.01. The summed E-state index contributed by atoms with van der Waals surface area (Å²) in [5.74, 6) is 0.554. The van der Waals surface area contributed by atoms with Crippen molar-refractivity contribution in [3.63, 3.8) is 0 Å². The van der Waals surface area contributed by atoms with Crippen molar-refractivity contribution in [1.29, 1.82) is 0 Å². The van der Waals surface area contributed by atoms with E-state index in [0.717, 1.165) is 5.56 Å². The molecule has 1 N–H and O–H groups in total. The van der Waals surface area contributed by atoms with Gasteiger partial charge in [-0.3, -0.25) is 4.79 Å². The zero-order chi connectivity index (χ0) is 14.0. The second-order valence-corrected chi connectivity index (χ2v) is 5.82. The molecule has 3 nitrogen and oxygen atoms in total. The molecule has 104 valence electrons. The predicted octanol–water partition coefficient (Wildman–Crippen LogP) is 2.64. The Balaban J connectivity index is 2.17. The van der Waals surface area contributed by atoms with Gasteiger partial charge in [0, 0.05) is 20.0 Å². The van der Waals surface area contributed by atoms with E-state index in [1.807, 2.05) is 12.1 Å². The zero-order valence-corrected chi connectivity index (χ0v) is 12.0. The highest BCUT2D eigenvalue weighted by molar-refractivity contribution is 5.73. The summed E-state index contributed by atoms with van der Waals surface area (Å²) in [6, 6.07) is 8.21. The summed E-state index contributed by atoms with van der Waals surface area (Å²) in [5.41, 5.74) is 1.46. The van der Waals surface area contributed by atoms with Crippen molar-refractivity contribution in [3.05, 3.63) is 35.4 Å². The van der Waals surface area contributed by atoms with Crippen LogP contribution in [-0.2, 0) is 10.4 Å². The molecule has 3 heteroatoms. The Morgan fingerprint density at radius 3 is 2.47 bits per heavy atom. The lowest BCUT2D eigenvalue weighted by atomic mass is 9.83. The number of carbonyl (C=O) groups is 1. The number of carbonyl (C=O) groups excluding carboxylic acids is 1. The third-order valence-electron chi connectivity index (χ3n) is 4.13. The molecule has 0 spiro atoms. The van der Waals surface area contributed by atoms with Crippen LogP contribution in [0.25, 0.3) is 0 Å². The van der Waals surface area contributed by atoms with Crippen LogP contribution in [0.2, 0.25) is 0 Å². The standard InChI is InChI=1S/C16H23NO2/c1-12(2)14-5-4-6-15(11-14)16(19)7-9-17(10-8-16)13(3)18/h4-6,11-12,19H,7-10H2,1-3H3. The summed E-state index contributed by atoms with van der Waals surface area (Å²) in [7, 11) is 0. The van der Waals surface area contributed by atoms with E-state index in [2.05, 4.69) is 26.0 Å². The van der Waals surface area contributed by atoms with Gasteiger partial charge >= 0.3 is 0 Å². The third kappa shape index (κ3) is 2.98. The van der Waals surface area contributed by atoms with Gasteiger partial charge in [0.15, 0.2) is 0 Å². The summed E-state index contributed by atoms with van der Waals surface area (Å²) in [4.78, 5) is 13.1. The molecule has 1 aliphatic heterocycles. The molecule has 19 heavy (non-hydrogen) atoms. The minimum atomic E-state index is -0.781. The molecule has 1 fully saturated rings. The topological polar surface area (TPSA) is 40.5 Å². The fraction of sp³-hybridized carbons (Fsp3) is 0.562. The highest BCUT2D eigenvalue weighted by Gasteiger charge is 2.34. The lowest BCUT2D eigenvalue weighted by Crippen LogP contribution is -2.44. The van der Waals surface area contributed by atoms with Crippen molar-refractivity contribution in [2.75, 3.05) is 13.1 Å². The van der Waals surface area contributed by atoms with E-state index in [4.69, 9.17) is 0 Å². The Labute approximate surface area is 115 Å². The van der Waals surface area contributed by atoms with E-state index in [0.29, 0.717) is 31.8 Å². The second kappa shape index (κ2) is 5.33. The van der Waals surface area contributed by atoms with Crippen molar-refractivity contribution in [2.45, 2.75) is 45.1 Å². The number of likely N-dealkylation sites (tertiary alicyclic amines) is 1. The maximum absolute atomic E-state index is 11.3. The summed E-state index contributed by atoms with van der Waals surface area (Å²) in [5, 5.41) is 10.8. The molecular weight excluding hydrogens is 238 g/mol. The number of nitrogens with zero attached hydrogens (tertiary/aromatic N) is 1. The molecule has 0 aliphatic carbocycles. The molecule has 0 bridgehead atoms. The molecule has 2 rings (SSSR count). The maximum atomic E-state index is 11.3. The molecule has 1 amide bonds. The Morgan fingerprint density at radius 1 is 1.32 bits per heavy atom. The van der Waals surface area contributed by atoms with E-state index in [-0.39, 0.29) is 5.91 Å². The zero-order valence-electron chi connectivity index (χ0n) is 12.0. The van der Waals surface area contributed by atoms with E-state index in [1.54, 1.807) is 11.8 Å². The van der Waals surface area contributed by atoms with Crippen molar-refractivity contribution in [1.82, 2.24) is 4.90 Å². The highest BCUT2D eigenvalue weighted by Crippen LogP contribution is 2.34. The van der Waals surface area contributed by atoms with E-state index < -0.39 is 5.60 Å². The fourth-order valence-corrected chi connectivity index (χ4v) is 2.67. The molecule has 1 heterocycles. The van der Waals surface area contributed by atoms with Crippen LogP contribution in [0.15, 0.2) is 24.3 Å². The van der Waals surface area contributed by atoms with Crippen molar-refractivity contribution in [3.8, 4) is 0 Å². The van der Waals surface area contributed by atoms with Crippen LogP contribution < -0.4 is 0 Å². The number of piperidine rings is 1. The third-order valence-corrected chi connectivity index (χ3v) is 4.13. The van der Waals surface area contributed by atoms with Gasteiger partial charge in [0.25, 0.3) is 0 Å². The van der Waals surface area contributed by atoms with Crippen LogP contribution in [0.3, 0.4) is 0 Å². The molecule has 0 unspecified atom stereocenters. The van der Waals surface area contributed by atoms with Crippen LogP contribution in [0.5, 0.6) is 0 Å². The smallest absolute Gasteiger partial charge is 0.219 e.